The lowest BCUT2D eigenvalue weighted by atomic mass is 10.00. The summed E-state index contributed by atoms with van der Waals surface area (Å²) in [6.45, 7) is 12.1. The first kappa shape index (κ1) is 24.6. The number of hydrogen-bond donors (Lipinski definition) is 0. The van der Waals surface area contributed by atoms with Crippen molar-refractivity contribution in [2.75, 3.05) is 19.8 Å². The van der Waals surface area contributed by atoms with Gasteiger partial charge in [-0.25, -0.2) is 0 Å². The molecule has 0 aromatic heterocycles. The minimum atomic E-state index is 0.0403. The quantitative estimate of drug-likeness (QED) is 0.210. The van der Waals surface area contributed by atoms with Gasteiger partial charge in [0.15, 0.2) is 0 Å². The average Bonchev–Trinajstić information content (AvgIpc) is 2.62. The maximum atomic E-state index is 6.10. The van der Waals surface area contributed by atoms with Crippen LogP contribution in [0.2, 0.25) is 0 Å². The largest absolute Gasteiger partial charge is 0.493 e. The molecule has 4 nitrogen and oxygen atoms in total. The van der Waals surface area contributed by atoms with Crippen molar-refractivity contribution in [3.8, 4) is 11.5 Å². The maximum Gasteiger partial charge on any atom is 0.125 e. The summed E-state index contributed by atoms with van der Waals surface area (Å²) in [7, 11) is 0. The summed E-state index contributed by atoms with van der Waals surface area (Å²) in [5.41, 5.74) is 2.32. The van der Waals surface area contributed by atoms with Crippen LogP contribution in [-0.2, 0) is 17.7 Å². The third-order valence-corrected chi connectivity index (χ3v) is 4.17. The Morgan fingerprint density at radius 2 is 1.61 bits per heavy atom. The van der Waals surface area contributed by atoms with E-state index in [9.17, 15) is 0 Å². The van der Waals surface area contributed by atoms with E-state index in [1.807, 2.05) is 18.3 Å². The lowest BCUT2D eigenvalue weighted by molar-refractivity contribution is 0.134. The minimum Gasteiger partial charge on any atom is -0.493 e. The molecule has 1 rings (SSSR count). The predicted molar refractivity (Wildman–Crippen MR) is 119 cm³/mol. The average molecular weight is 430 g/mol. The molecular formula is C22H33Cl2NO3. The summed E-state index contributed by atoms with van der Waals surface area (Å²) >= 11 is 11.3. The van der Waals surface area contributed by atoms with Crippen LogP contribution in [0.4, 0.5) is 0 Å². The third kappa shape index (κ3) is 10.2. The summed E-state index contributed by atoms with van der Waals surface area (Å²) in [6.07, 6.45) is 7.00. The number of nitrogens with zero attached hydrogens (tertiary/aromatic N) is 1. The van der Waals surface area contributed by atoms with Crippen LogP contribution in [0.5, 0.6) is 11.5 Å². The second-order valence-corrected chi connectivity index (χ2v) is 8.58. The highest BCUT2D eigenvalue weighted by molar-refractivity contribution is 6.55. The van der Waals surface area contributed by atoms with Gasteiger partial charge in [0.2, 0.25) is 0 Å². The van der Waals surface area contributed by atoms with Gasteiger partial charge in [-0.2, -0.15) is 0 Å². The van der Waals surface area contributed by atoms with Gasteiger partial charge in [0.1, 0.15) is 29.2 Å². The topological polar surface area (TPSA) is 40.0 Å². The molecule has 0 amide bonds. The van der Waals surface area contributed by atoms with Crippen molar-refractivity contribution >= 4 is 29.4 Å². The molecule has 0 aliphatic carbocycles. The van der Waals surface area contributed by atoms with E-state index in [1.54, 1.807) is 6.08 Å². The van der Waals surface area contributed by atoms with Crippen molar-refractivity contribution in [1.82, 2.24) is 0 Å². The van der Waals surface area contributed by atoms with Crippen LogP contribution in [0, 0.1) is 5.41 Å². The van der Waals surface area contributed by atoms with Gasteiger partial charge in [-0.1, -0.05) is 63.0 Å². The summed E-state index contributed by atoms with van der Waals surface area (Å²) in [6, 6.07) is 4.05. The lowest BCUT2D eigenvalue weighted by Crippen LogP contribution is -2.07. The van der Waals surface area contributed by atoms with E-state index in [4.69, 9.17) is 37.5 Å². The van der Waals surface area contributed by atoms with Crippen LogP contribution in [0.3, 0.4) is 0 Å². The number of rotatable bonds is 12. The second-order valence-electron chi connectivity index (χ2n) is 7.57. The molecule has 28 heavy (non-hydrogen) atoms. The van der Waals surface area contributed by atoms with E-state index in [0.717, 1.165) is 48.3 Å². The van der Waals surface area contributed by atoms with E-state index in [2.05, 4.69) is 39.8 Å². The lowest BCUT2D eigenvalue weighted by Gasteiger charge is -2.17. The van der Waals surface area contributed by atoms with E-state index in [1.165, 1.54) is 0 Å². The number of aryl methyl sites for hydroxylation is 2. The van der Waals surface area contributed by atoms with Gasteiger partial charge >= 0.3 is 0 Å². The highest BCUT2D eigenvalue weighted by Crippen LogP contribution is 2.31. The molecule has 0 aliphatic rings. The van der Waals surface area contributed by atoms with E-state index in [0.29, 0.717) is 19.8 Å². The van der Waals surface area contributed by atoms with Gasteiger partial charge in [0.05, 0.1) is 6.61 Å². The fourth-order valence-electron chi connectivity index (χ4n) is 2.41. The number of benzene rings is 1. The van der Waals surface area contributed by atoms with E-state index < -0.39 is 0 Å². The summed E-state index contributed by atoms with van der Waals surface area (Å²) in [5.74, 6) is 1.77. The molecule has 0 unspecified atom stereocenters. The molecular weight excluding hydrogens is 397 g/mol. The molecule has 0 N–H and O–H groups in total. The number of halogens is 2. The Labute approximate surface area is 179 Å². The minimum absolute atomic E-state index is 0.0403. The Balaban J connectivity index is 2.55. The molecule has 6 heteroatoms. The zero-order valence-electron chi connectivity index (χ0n) is 17.7. The SMILES string of the molecule is CCc1cc(OCC=C(Cl)Cl)cc(CC)c1OCCCCO/N=C/C(C)(C)C. The Bertz CT molecular complexity index is 623. The van der Waals surface area contributed by atoms with Crippen LogP contribution in [0.25, 0.3) is 0 Å². The predicted octanol–water partition coefficient (Wildman–Crippen LogP) is 6.72. The van der Waals surface area contributed by atoms with Crippen molar-refractivity contribution in [2.24, 2.45) is 10.6 Å². The molecule has 0 saturated heterocycles. The highest BCUT2D eigenvalue weighted by Gasteiger charge is 2.11. The zero-order chi connectivity index (χ0) is 21.0. The molecule has 158 valence electrons. The van der Waals surface area contributed by atoms with Crippen LogP contribution in [-0.4, -0.2) is 26.0 Å². The molecule has 1 aromatic rings. The molecule has 0 spiro atoms. The zero-order valence-corrected chi connectivity index (χ0v) is 19.2. The Kier molecular flexibility index (Phi) is 11.4. The molecule has 0 fully saturated rings. The first-order valence-electron chi connectivity index (χ1n) is 9.85. The number of oxime groups is 1. The van der Waals surface area contributed by atoms with Crippen molar-refractivity contribution < 1.29 is 14.3 Å². The molecule has 0 bridgehead atoms. The van der Waals surface area contributed by atoms with Crippen molar-refractivity contribution in [3.05, 3.63) is 33.8 Å². The second kappa shape index (κ2) is 12.9. The van der Waals surface area contributed by atoms with Crippen LogP contribution >= 0.6 is 23.2 Å². The fraction of sp³-hybridized carbons (Fsp3) is 0.591. The van der Waals surface area contributed by atoms with Crippen molar-refractivity contribution in [2.45, 2.75) is 60.3 Å². The standard InChI is InChI=1S/C22H33Cl2NO3/c1-6-17-14-19(26-13-10-20(23)24)15-18(7-2)21(17)27-11-8-9-12-28-25-16-22(3,4)5/h10,14-16H,6-9,11-13H2,1-5H3/b25-16+. The third-order valence-electron chi connectivity index (χ3n) is 3.86. The number of unbranched alkanes of at least 4 members (excludes halogenated alkanes) is 1. The first-order chi connectivity index (χ1) is 13.3. The number of hydrogen-bond acceptors (Lipinski definition) is 4. The summed E-state index contributed by atoms with van der Waals surface area (Å²) < 4.78 is 12.0. The molecule has 1 aromatic carbocycles. The van der Waals surface area contributed by atoms with Gasteiger partial charge in [-0.15, -0.1) is 0 Å². The Morgan fingerprint density at radius 3 is 2.14 bits per heavy atom. The monoisotopic (exact) mass is 429 g/mol. The van der Waals surface area contributed by atoms with E-state index >= 15 is 0 Å². The van der Waals surface area contributed by atoms with Crippen LogP contribution in [0.1, 0.15) is 58.6 Å². The Hall–Kier alpha value is -1.39. The summed E-state index contributed by atoms with van der Waals surface area (Å²) in [5, 5.41) is 4.00. The molecule has 0 atom stereocenters. The van der Waals surface area contributed by atoms with Crippen molar-refractivity contribution in [3.63, 3.8) is 0 Å². The highest BCUT2D eigenvalue weighted by atomic mass is 35.5. The molecule has 0 radical (unpaired) electrons. The van der Waals surface area contributed by atoms with Crippen molar-refractivity contribution in [1.29, 1.82) is 0 Å². The molecule has 0 aliphatic heterocycles. The maximum absolute atomic E-state index is 6.10. The normalized spacial score (nSPS) is 11.5. The van der Waals surface area contributed by atoms with E-state index in [-0.39, 0.29) is 9.91 Å². The van der Waals surface area contributed by atoms with Gasteiger partial charge in [-0.3, -0.25) is 0 Å². The number of ether oxygens (including phenoxy) is 2. The van der Waals surface area contributed by atoms with Crippen LogP contribution < -0.4 is 9.47 Å². The first-order valence-corrected chi connectivity index (χ1v) is 10.6. The Morgan fingerprint density at radius 1 is 1.00 bits per heavy atom. The molecule has 0 saturated carbocycles. The smallest absolute Gasteiger partial charge is 0.125 e. The summed E-state index contributed by atoms with van der Waals surface area (Å²) in [4.78, 5) is 5.30. The molecule has 0 heterocycles. The van der Waals surface area contributed by atoms with Gasteiger partial charge in [0, 0.05) is 11.6 Å². The van der Waals surface area contributed by atoms with Gasteiger partial charge in [0.25, 0.3) is 0 Å². The fourth-order valence-corrected chi connectivity index (χ4v) is 2.53. The van der Waals surface area contributed by atoms with Gasteiger partial charge in [-0.05, 0) is 55.0 Å². The van der Waals surface area contributed by atoms with Crippen LogP contribution in [0.15, 0.2) is 27.9 Å². The van der Waals surface area contributed by atoms with Gasteiger partial charge < -0.3 is 14.3 Å².